The number of hydrogen-bond donors (Lipinski definition) is 1. The molecule has 1 aromatic heterocycles. The third-order valence-corrected chi connectivity index (χ3v) is 5.66. The predicted octanol–water partition coefficient (Wildman–Crippen LogP) is 1.58. The molecule has 6 heteroatoms. The second-order valence-corrected chi connectivity index (χ2v) is 7.44. The number of methoxy groups -OCH3 is 1. The van der Waals surface area contributed by atoms with Gasteiger partial charge in [0.2, 0.25) is 0 Å². The first-order valence-electron chi connectivity index (χ1n) is 10.1. The Kier molecular flexibility index (Phi) is 5.39. The van der Waals surface area contributed by atoms with Crippen molar-refractivity contribution in [1.29, 1.82) is 0 Å². The van der Waals surface area contributed by atoms with E-state index in [9.17, 15) is 4.79 Å². The Morgan fingerprint density at radius 1 is 0.964 bits per heavy atom. The number of imidazole rings is 1. The average Bonchev–Trinajstić information content (AvgIpc) is 3.01. The Hall–Kier alpha value is -2.73. The van der Waals surface area contributed by atoms with Crippen LogP contribution >= 0.6 is 0 Å². The van der Waals surface area contributed by atoms with Crippen molar-refractivity contribution in [3.8, 4) is 5.75 Å². The van der Waals surface area contributed by atoms with Crippen LogP contribution in [0.4, 0.5) is 5.69 Å². The Bertz CT molecular complexity index is 982. The van der Waals surface area contributed by atoms with Crippen molar-refractivity contribution in [1.82, 2.24) is 9.13 Å². The highest BCUT2D eigenvalue weighted by atomic mass is 16.5. The molecular formula is C22H29N4O2+. The van der Waals surface area contributed by atoms with Gasteiger partial charge in [-0.3, -0.25) is 4.57 Å². The maximum atomic E-state index is 13.0. The van der Waals surface area contributed by atoms with Crippen molar-refractivity contribution in [3.05, 3.63) is 59.0 Å². The van der Waals surface area contributed by atoms with Crippen LogP contribution in [0, 0.1) is 0 Å². The molecule has 148 valence electrons. The lowest BCUT2D eigenvalue weighted by Gasteiger charge is -2.33. The normalized spacial score (nSPS) is 15.3. The van der Waals surface area contributed by atoms with Gasteiger partial charge in [-0.15, -0.1) is 0 Å². The van der Waals surface area contributed by atoms with Crippen molar-refractivity contribution < 1.29 is 9.64 Å². The molecule has 0 amide bonds. The summed E-state index contributed by atoms with van der Waals surface area (Å²) in [5.41, 5.74) is 3.45. The molecule has 0 atom stereocenters. The number of aromatic nitrogens is 2. The van der Waals surface area contributed by atoms with E-state index in [2.05, 4.69) is 36.1 Å². The van der Waals surface area contributed by atoms with Crippen molar-refractivity contribution in [2.45, 2.75) is 26.6 Å². The monoisotopic (exact) mass is 381 g/mol. The molecule has 2 heterocycles. The van der Waals surface area contributed by atoms with Gasteiger partial charge in [-0.2, -0.15) is 0 Å². The van der Waals surface area contributed by atoms with E-state index >= 15 is 0 Å². The van der Waals surface area contributed by atoms with Gasteiger partial charge < -0.3 is 14.5 Å². The summed E-state index contributed by atoms with van der Waals surface area (Å²) in [5, 5.41) is 0. The molecule has 1 fully saturated rings. The van der Waals surface area contributed by atoms with Gasteiger partial charge in [-0.1, -0.05) is 19.1 Å². The molecule has 6 nitrogen and oxygen atoms in total. The van der Waals surface area contributed by atoms with E-state index in [0.29, 0.717) is 0 Å². The molecule has 1 saturated heterocycles. The van der Waals surface area contributed by atoms with E-state index < -0.39 is 0 Å². The van der Waals surface area contributed by atoms with Crippen molar-refractivity contribution >= 4 is 16.7 Å². The summed E-state index contributed by atoms with van der Waals surface area (Å²) < 4.78 is 9.13. The highest BCUT2D eigenvalue weighted by Gasteiger charge is 2.22. The molecule has 1 N–H and O–H groups in total. The van der Waals surface area contributed by atoms with Crippen LogP contribution in [0.1, 0.15) is 13.3 Å². The summed E-state index contributed by atoms with van der Waals surface area (Å²) in [4.78, 5) is 16.8. The van der Waals surface area contributed by atoms with Gasteiger partial charge in [-0.25, -0.2) is 9.36 Å². The largest absolute Gasteiger partial charge is 0.497 e. The van der Waals surface area contributed by atoms with E-state index in [0.717, 1.165) is 62.6 Å². The second kappa shape index (κ2) is 8.10. The zero-order valence-corrected chi connectivity index (χ0v) is 16.7. The maximum Gasteiger partial charge on any atom is 0.333 e. The number of rotatable bonds is 6. The van der Waals surface area contributed by atoms with Gasteiger partial charge in [-0.05, 0) is 42.8 Å². The zero-order chi connectivity index (χ0) is 19.5. The smallest absolute Gasteiger partial charge is 0.333 e. The summed E-state index contributed by atoms with van der Waals surface area (Å²) in [7, 11) is 1.69. The highest BCUT2D eigenvalue weighted by Crippen LogP contribution is 2.19. The first-order valence-corrected chi connectivity index (χ1v) is 10.1. The topological polar surface area (TPSA) is 43.8 Å². The molecule has 0 aliphatic carbocycles. The third-order valence-electron chi connectivity index (χ3n) is 5.66. The molecule has 0 bridgehead atoms. The molecule has 28 heavy (non-hydrogen) atoms. The zero-order valence-electron chi connectivity index (χ0n) is 16.7. The van der Waals surface area contributed by atoms with E-state index in [4.69, 9.17) is 4.74 Å². The molecular weight excluding hydrogens is 352 g/mol. The summed E-state index contributed by atoms with van der Waals surface area (Å²) in [5.74, 6) is 0.885. The van der Waals surface area contributed by atoms with Crippen molar-refractivity contribution in [2.24, 2.45) is 0 Å². The summed E-state index contributed by atoms with van der Waals surface area (Å²) in [6.45, 7) is 7.63. The van der Waals surface area contributed by atoms with Crippen molar-refractivity contribution in [2.75, 3.05) is 38.2 Å². The Morgan fingerprint density at radius 3 is 2.21 bits per heavy atom. The van der Waals surface area contributed by atoms with Crippen LogP contribution in [-0.2, 0) is 13.2 Å². The number of fused-ring (bicyclic) bond motifs is 1. The number of para-hydroxylation sites is 2. The van der Waals surface area contributed by atoms with Gasteiger partial charge in [0.1, 0.15) is 5.75 Å². The minimum atomic E-state index is 0.119. The molecule has 0 spiro atoms. The fourth-order valence-electron chi connectivity index (χ4n) is 4.12. The number of aryl methyl sites for hydroxylation is 1. The predicted molar refractivity (Wildman–Crippen MR) is 112 cm³/mol. The van der Waals surface area contributed by atoms with Crippen molar-refractivity contribution in [3.63, 3.8) is 0 Å². The standard InChI is InChI=1S/C22H28N4O2/c1-3-12-25-20-6-4-5-7-21(20)26(22(25)27)17-23-13-15-24(16-14-23)18-8-10-19(28-2)11-9-18/h4-11H,3,12-17H2,1-2H3/p+1. The molecule has 0 unspecified atom stereocenters. The quantitative estimate of drug-likeness (QED) is 0.705. The molecule has 0 saturated carbocycles. The first-order chi connectivity index (χ1) is 13.7. The number of ether oxygens (including phenoxy) is 1. The maximum absolute atomic E-state index is 13.0. The van der Waals surface area contributed by atoms with Gasteiger partial charge in [0, 0.05) is 12.2 Å². The average molecular weight is 382 g/mol. The number of nitrogens with one attached hydrogen (secondary N) is 1. The molecule has 1 aliphatic rings. The summed E-state index contributed by atoms with van der Waals surface area (Å²) in [6.07, 6.45) is 0.960. The number of quaternary nitrogens is 1. The highest BCUT2D eigenvalue weighted by molar-refractivity contribution is 5.75. The van der Waals surface area contributed by atoms with E-state index in [-0.39, 0.29) is 5.69 Å². The van der Waals surface area contributed by atoms with Crippen LogP contribution < -0.4 is 20.2 Å². The Balaban J connectivity index is 1.48. The number of hydrogen-bond acceptors (Lipinski definition) is 3. The lowest BCUT2D eigenvalue weighted by molar-refractivity contribution is -0.923. The third kappa shape index (κ3) is 3.52. The van der Waals surface area contributed by atoms with Crippen LogP contribution in [0.3, 0.4) is 0 Å². The number of anilines is 1. The summed E-state index contributed by atoms with van der Waals surface area (Å²) in [6, 6.07) is 16.4. The van der Waals surface area contributed by atoms with Crippen LogP contribution in [0.5, 0.6) is 5.75 Å². The van der Waals surface area contributed by atoms with E-state index in [1.807, 2.05) is 33.4 Å². The molecule has 2 aromatic carbocycles. The molecule has 1 aliphatic heterocycles. The SMILES string of the molecule is CCCn1c(=O)n(C[NH+]2CCN(c3ccc(OC)cc3)CC2)c2ccccc21. The first kappa shape index (κ1) is 18.6. The molecule has 4 rings (SSSR count). The lowest BCUT2D eigenvalue weighted by atomic mass is 10.2. The Morgan fingerprint density at radius 2 is 1.61 bits per heavy atom. The van der Waals surface area contributed by atoms with Gasteiger partial charge >= 0.3 is 5.69 Å². The second-order valence-electron chi connectivity index (χ2n) is 7.44. The fourth-order valence-corrected chi connectivity index (χ4v) is 4.12. The van der Waals surface area contributed by atoms with E-state index in [1.54, 1.807) is 7.11 Å². The fraction of sp³-hybridized carbons (Fsp3) is 0.409. The van der Waals surface area contributed by atoms with Crippen LogP contribution in [0.2, 0.25) is 0 Å². The van der Waals surface area contributed by atoms with Gasteiger partial charge in [0.05, 0.1) is 44.3 Å². The van der Waals surface area contributed by atoms with Crippen LogP contribution in [0.25, 0.3) is 11.0 Å². The number of benzene rings is 2. The van der Waals surface area contributed by atoms with Crippen LogP contribution in [0.15, 0.2) is 53.3 Å². The van der Waals surface area contributed by atoms with Gasteiger partial charge in [0.25, 0.3) is 0 Å². The molecule has 3 aromatic rings. The Labute approximate surface area is 165 Å². The summed E-state index contributed by atoms with van der Waals surface area (Å²) >= 11 is 0. The minimum absolute atomic E-state index is 0.119. The van der Waals surface area contributed by atoms with Crippen LogP contribution in [-0.4, -0.2) is 42.4 Å². The number of nitrogens with zero attached hydrogens (tertiary/aromatic N) is 3. The molecule has 0 radical (unpaired) electrons. The van der Waals surface area contributed by atoms with Gasteiger partial charge in [0.15, 0.2) is 6.67 Å². The number of piperazine rings is 1. The van der Waals surface area contributed by atoms with E-state index in [1.165, 1.54) is 10.6 Å². The minimum Gasteiger partial charge on any atom is -0.497 e. The lowest BCUT2D eigenvalue weighted by Crippen LogP contribution is -3.14.